The summed E-state index contributed by atoms with van der Waals surface area (Å²) in [5.74, 6) is -0.680. The summed E-state index contributed by atoms with van der Waals surface area (Å²) in [5, 5.41) is 3.56. The van der Waals surface area contributed by atoms with Gasteiger partial charge in [-0.1, -0.05) is 12.1 Å². The second kappa shape index (κ2) is 11.2. The lowest BCUT2D eigenvalue weighted by Crippen LogP contribution is -2.32. The molecular weight excluding hydrogens is 541 g/mol. The van der Waals surface area contributed by atoms with Crippen molar-refractivity contribution in [2.45, 2.75) is 39.8 Å². The lowest BCUT2D eigenvalue weighted by Gasteiger charge is -2.33. The zero-order chi connectivity index (χ0) is 29.3. The Labute approximate surface area is 242 Å². The number of ether oxygens (including phenoxy) is 3. The van der Waals surface area contributed by atoms with E-state index in [9.17, 15) is 14.0 Å². The minimum Gasteiger partial charge on any atom is -0.496 e. The lowest BCUT2D eigenvalue weighted by molar-refractivity contribution is 0.0478. The number of esters is 2. The first kappa shape index (κ1) is 28.1. The Hall–Kier alpha value is -4.43. The Morgan fingerprint density at radius 1 is 0.927 bits per heavy atom. The zero-order valence-corrected chi connectivity index (χ0v) is 24.3. The Kier molecular flexibility index (Phi) is 7.69. The van der Waals surface area contributed by atoms with E-state index in [1.807, 2.05) is 32.0 Å². The third-order valence-corrected chi connectivity index (χ3v) is 7.76. The highest BCUT2D eigenvalue weighted by atomic mass is 32.1. The normalized spacial score (nSPS) is 13.5. The molecule has 0 aliphatic carbocycles. The smallest absolute Gasteiger partial charge is 0.348 e. The number of nitrogens with one attached hydrogen (secondary N) is 1. The summed E-state index contributed by atoms with van der Waals surface area (Å²) in [7, 11) is 1.54. The number of carbonyl (C=O) groups is 2. The number of methoxy groups -OCH3 is 1. The van der Waals surface area contributed by atoms with Gasteiger partial charge in [0.25, 0.3) is 0 Å². The largest absolute Gasteiger partial charge is 0.496 e. The van der Waals surface area contributed by atoms with Crippen molar-refractivity contribution in [1.82, 2.24) is 0 Å². The molecule has 0 spiro atoms. The molecule has 6 nitrogen and oxygen atoms in total. The number of anilines is 1. The van der Waals surface area contributed by atoms with E-state index in [1.165, 1.54) is 42.7 Å². The number of halogens is 1. The molecule has 0 bridgehead atoms. The molecule has 0 atom stereocenters. The fourth-order valence-electron chi connectivity index (χ4n) is 5.06. The molecule has 0 saturated carbocycles. The highest BCUT2D eigenvalue weighted by molar-refractivity contribution is 7.13. The Balaban J connectivity index is 1.52. The lowest BCUT2D eigenvalue weighted by atomic mass is 9.85. The number of thiophene rings is 1. The van der Waals surface area contributed by atoms with Crippen LogP contribution in [0.3, 0.4) is 0 Å². The van der Waals surface area contributed by atoms with E-state index in [0.29, 0.717) is 10.6 Å². The highest BCUT2D eigenvalue weighted by Crippen LogP contribution is 2.43. The van der Waals surface area contributed by atoms with Crippen molar-refractivity contribution in [2.24, 2.45) is 0 Å². The van der Waals surface area contributed by atoms with Gasteiger partial charge in [-0.25, -0.2) is 14.0 Å². The van der Waals surface area contributed by atoms with Crippen molar-refractivity contribution in [3.05, 3.63) is 105 Å². The van der Waals surface area contributed by atoms with Gasteiger partial charge in [-0.05, 0) is 93.4 Å². The van der Waals surface area contributed by atoms with Gasteiger partial charge in [0.1, 0.15) is 28.8 Å². The third-order valence-electron chi connectivity index (χ3n) is 6.78. The molecule has 1 aliphatic heterocycles. The molecule has 41 heavy (non-hydrogen) atoms. The second-order valence-electron chi connectivity index (χ2n) is 10.4. The number of hydrogen-bond donors (Lipinski definition) is 1. The van der Waals surface area contributed by atoms with Crippen LogP contribution < -0.4 is 14.8 Å². The van der Waals surface area contributed by atoms with E-state index in [1.54, 1.807) is 24.3 Å². The molecule has 1 aliphatic rings. The van der Waals surface area contributed by atoms with Gasteiger partial charge in [0, 0.05) is 33.3 Å². The first-order valence-corrected chi connectivity index (χ1v) is 13.9. The monoisotopic (exact) mass is 571 g/mol. The molecule has 2 heterocycles. The molecule has 3 aromatic carbocycles. The number of carbonyl (C=O) groups excluding carboxylic acids is 2. The van der Waals surface area contributed by atoms with Crippen molar-refractivity contribution in [2.75, 3.05) is 12.4 Å². The maximum absolute atomic E-state index is 13.3. The van der Waals surface area contributed by atoms with Crippen LogP contribution in [0.2, 0.25) is 0 Å². The number of benzene rings is 3. The van der Waals surface area contributed by atoms with Crippen molar-refractivity contribution in [3.63, 3.8) is 0 Å². The number of allylic oxidation sites excluding steroid dienone is 1. The average molecular weight is 572 g/mol. The van der Waals surface area contributed by atoms with Crippen molar-refractivity contribution in [3.8, 4) is 22.6 Å². The molecule has 0 radical (unpaired) electrons. The third kappa shape index (κ3) is 6.02. The van der Waals surface area contributed by atoms with Crippen LogP contribution in [0.5, 0.6) is 11.5 Å². The van der Waals surface area contributed by atoms with Crippen LogP contribution in [0.25, 0.3) is 16.7 Å². The molecule has 0 unspecified atom stereocenters. The van der Waals surface area contributed by atoms with Gasteiger partial charge in [0.15, 0.2) is 0 Å². The fraction of sp³-hybridized carbons (Fsp3) is 0.212. The minimum absolute atomic E-state index is 0.0477. The number of fused-ring (bicyclic) bond motifs is 1. The van der Waals surface area contributed by atoms with Gasteiger partial charge < -0.3 is 19.5 Å². The van der Waals surface area contributed by atoms with Crippen LogP contribution in [0.1, 0.15) is 56.8 Å². The van der Waals surface area contributed by atoms with Crippen LogP contribution in [-0.4, -0.2) is 24.6 Å². The molecule has 0 fully saturated rings. The summed E-state index contributed by atoms with van der Waals surface area (Å²) < 4.78 is 30.4. The second-order valence-corrected chi connectivity index (χ2v) is 11.7. The number of hydrogen-bond acceptors (Lipinski definition) is 7. The van der Waals surface area contributed by atoms with Gasteiger partial charge in [0.05, 0.1) is 18.2 Å². The standard InChI is InChI=1S/C33H30FNO5S/c1-19-17-33(3,4)35-27-14-13-24(26(30(19)27)18-39-32(37)29-15-6-20(2)41-29)25-12-11-23(16-28(25)38-5)40-31(36)21-7-9-22(34)10-8-21/h6-17,35H,18H2,1-5H3. The van der Waals surface area contributed by atoms with Crippen molar-refractivity contribution >= 4 is 34.5 Å². The van der Waals surface area contributed by atoms with Gasteiger partial charge >= 0.3 is 11.9 Å². The average Bonchev–Trinajstić information content (AvgIpc) is 3.37. The number of aryl methyl sites for hydroxylation is 1. The van der Waals surface area contributed by atoms with E-state index >= 15 is 0 Å². The molecule has 5 rings (SSSR count). The maximum Gasteiger partial charge on any atom is 0.348 e. The molecule has 1 aromatic heterocycles. The van der Waals surface area contributed by atoms with Crippen LogP contribution >= 0.6 is 11.3 Å². The zero-order valence-electron chi connectivity index (χ0n) is 23.5. The molecule has 210 valence electrons. The summed E-state index contributed by atoms with van der Waals surface area (Å²) >= 11 is 1.39. The van der Waals surface area contributed by atoms with Crippen LogP contribution in [-0.2, 0) is 11.3 Å². The molecule has 4 aromatic rings. The molecule has 0 amide bonds. The molecule has 8 heteroatoms. The van der Waals surface area contributed by atoms with Crippen LogP contribution in [0.15, 0.2) is 72.8 Å². The van der Waals surface area contributed by atoms with Crippen molar-refractivity contribution in [1.29, 1.82) is 0 Å². The van der Waals surface area contributed by atoms with E-state index < -0.39 is 11.8 Å². The van der Waals surface area contributed by atoms with Crippen LogP contribution in [0.4, 0.5) is 10.1 Å². The highest BCUT2D eigenvalue weighted by Gasteiger charge is 2.27. The summed E-state index contributed by atoms with van der Waals surface area (Å²) in [6, 6.07) is 17.9. The predicted octanol–water partition coefficient (Wildman–Crippen LogP) is 8.05. The van der Waals surface area contributed by atoms with Gasteiger partial charge in [0.2, 0.25) is 0 Å². The first-order chi connectivity index (χ1) is 19.5. The summed E-state index contributed by atoms with van der Waals surface area (Å²) in [6.07, 6.45) is 2.16. The molecular formula is C33H30FNO5S. The molecule has 0 saturated heterocycles. The quantitative estimate of drug-likeness (QED) is 0.179. The fourth-order valence-corrected chi connectivity index (χ4v) is 5.83. The van der Waals surface area contributed by atoms with Crippen molar-refractivity contribution < 1.29 is 28.2 Å². The Bertz CT molecular complexity index is 1670. The van der Waals surface area contributed by atoms with E-state index in [4.69, 9.17) is 14.2 Å². The SMILES string of the molecule is COc1cc(OC(=O)c2ccc(F)cc2)ccc1-c1ccc2c(c1COC(=O)c1ccc(C)s1)C(C)=CC(C)(C)N2. The number of rotatable bonds is 7. The Morgan fingerprint density at radius 2 is 1.66 bits per heavy atom. The van der Waals surface area contributed by atoms with Gasteiger partial charge in [-0.3, -0.25) is 0 Å². The topological polar surface area (TPSA) is 73.9 Å². The summed E-state index contributed by atoms with van der Waals surface area (Å²) in [5.41, 5.74) is 5.35. The summed E-state index contributed by atoms with van der Waals surface area (Å²) in [6.45, 7) is 8.24. The van der Waals surface area contributed by atoms with E-state index in [-0.39, 0.29) is 29.4 Å². The molecule has 1 N–H and O–H groups in total. The Morgan fingerprint density at radius 3 is 2.34 bits per heavy atom. The van der Waals surface area contributed by atoms with Gasteiger partial charge in [-0.15, -0.1) is 11.3 Å². The minimum atomic E-state index is -0.612. The maximum atomic E-state index is 13.3. The first-order valence-electron chi connectivity index (χ1n) is 13.1. The summed E-state index contributed by atoms with van der Waals surface area (Å²) in [4.78, 5) is 27.1. The van der Waals surface area contributed by atoms with E-state index in [2.05, 4.69) is 25.2 Å². The van der Waals surface area contributed by atoms with Gasteiger partial charge in [-0.2, -0.15) is 0 Å². The predicted molar refractivity (Wildman–Crippen MR) is 159 cm³/mol. The van der Waals surface area contributed by atoms with E-state index in [0.717, 1.165) is 38.4 Å². The van der Waals surface area contributed by atoms with Crippen LogP contribution in [0, 0.1) is 12.7 Å².